The Kier molecular flexibility index (Phi) is 9.07. The normalized spacial score (nSPS) is 12.6. The van der Waals surface area contributed by atoms with Crippen LogP contribution in [-0.4, -0.2) is 19.1 Å². The zero-order valence-electron chi connectivity index (χ0n) is 34.9. The van der Waals surface area contributed by atoms with Gasteiger partial charge in [0.05, 0.1) is 16.7 Å². The van der Waals surface area contributed by atoms with Crippen molar-refractivity contribution in [3.63, 3.8) is 0 Å². The summed E-state index contributed by atoms with van der Waals surface area (Å²) in [4.78, 5) is 9.59. The van der Waals surface area contributed by atoms with Gasteiger partial charge >= 0.3 is 21.1 Å². The first-order chi connectivity index (χ1) is 27.2. The summed E-state index contributed by atoms with van der Waals surface area (Å²) in [7, 11) is 0. The second kappa shape index (κ2) is 14.5. The fourth-order valence-corrected chi connectivity index (χ4v) is 8.43. The molecule has 0 radical (unpaired) electrons. The zero-order chi connectivity index (χ0) is 40.0. The Morgan fingerprint density at radius 3 is 1.95 bits per heavy atom. The molecule has 0 spiro atoms. The molecule has 0 aliphatic rings. The minimum Gasteiger partial charge on any atom is -0.503 e. The number of para-hydroxylation sites is 1. The first-order valence-corrected chi connectivity index (χ1v) is 18.8. The number of aryl methyl sites for hydroxylation is 4. The fourth-order valence-electron chi connectivity index (χ4n) is 8.43. The molecule has 0 saturated carbocycles. The van der Waals surface area contributed by atoms with Crippen molar-refractivity contribution in [3.8, 4) is 34.3 Å². The summed E-state index contributed by atoms with van der Waals surface area (Å²) in [6.07, 6.45) is 3.67. The Bertz CT molecular complexity index is 3000. The number of fused-ring (bicyclic) bond motifs is 6. The van der Waals surface area contributed by atoms with Crippen molar-refractivity contribution in [2.75, 3.05) is 0 Å². The van der Waals surface area contributed by atoms with Crippen LogP contribution in [0.1, 0.15) is 75.6 Å². The van der Waals surface area contributed by atoms with Crippen molar-refractivity contribution in [3.05, 3.63) is 155 Å². The minimum atomic E-state index is -0.887. The van der Waals surface area contributed by atoms with E-state index in [4.69, 9.17) is 9.72 Å². The smallest absolute Gasteiger partial charge is 0.503 e. The van der Waals surface area contributed by atoms with Gasteiger partial charge in [0, 0.05) is 49.0 Å². The Hall–Kier alpha value is -5.51. The molecule has 56 heavy (non-hydrogen) atoms. The third-order valence-corrected chi connectivity index (χ3v) is 10.7. The van der Waals surface area contributed by atoms with Crippen molar-refractivity contribution in [2.45, 2.75) is 67.2 Å². The van der Waals surface area contributed by atoms with Gasteiger partial charge in [0.2, 0.25) is 0 Å². The van der Waals surface area contributed by atoms with Crippen LogP contribution in [0.5, 0.6) is 11.5 Å². The SMILES string of the molecule is [2H]C(C)(C)c1c(C)ccc2c3ccc(C)c(C([2H])(C)C)c3n(-c3ccnc(-n4c5[c-]c(Oc6[c-]c(-c7cc(C)ccn7)cc(C)c6)ccc5c5ccccc54)c3)c12.[Pt+2]. The van der Waals surface area contributed by atoms with Gasteiger partial charge in [-0.3, -0.25) is 0 Å². The van der Waals surface area contributed by atoms with E-state index in [2.05, 4.69) is 114 Å². The van der Waals surface area contributed by atoms with Crippen molar-refractivity contribution in [1.29, 1.82) is 0 Å². The number of nitrogens with zero attached hydrogens (tertiary/aromatic N) is 4. The number of benzene rings is 5. The Balaban J connectivity index is 0.00000469. The molecule has 0 bridgehead atoms. The number of rotatable bonds is 7. The molecule has 4 heterocycles. The standard InChI is InChI=1S/C50H44N4O.Pt/c1-29(2)47-33(7)13-16-41-42-17-14-34(8)48(30(3)4)50(42)53(49(41)47)36-20-22-52-46(27-36)54-44-12-10-9-11-39(44)40-18-15-37(28-45(40)54)55-38-24-32(6)23-35(26-38)43-25-31(5)19-21-51-43;/h9-25,27,29-30H,1-8H3;/q-2;+2/i29D,30D;. The molecule has 9 rings (SSSR count). The van der Waals surface area contributed by atoms with E-state index in [0.717, 1.165) is 99.8 Å². The van der Waals surface area contributed by atoms with Gasteiger partial charge in [-0.1, -0.05) is 106 Å². The molecular weight excluding hydrogens is 868 g/mol. The van der Waals surface area contributed by atoms with E-state index in [1.165, 1.54) is 0 Å². The molecule has 0 N–H and O–H groups in total. The van der Waals surface area contributed by atoms with Crippen LogP contribution in [0.25, 0.3) is 66.4 Å². The molecule has 0 amide bonds. The molecule has 9 aromatic rings. The van der Waals surface area contributed by atoms with Crippen LogP contribution in [0.3, 0.4) is 0 Å². The van der Waals surface area contributed by atoms with Crippen LogP contribution in [0.2, 0.25) is 0 Å². The van der Waals surface area contributed by atoms with Gasteiger partial charge in [0.15, 0.2) is 0 Å². The van der Waals surface area contributed by atoms with E-state index in [1.54, 1.807) is 0 Å². The van der Waals surface area contributed by atoms with E-state index in [-0.39, 0.29) is 21.1 Å². The number of hydrogen-bond donors (Lipinski definition) is 0. The predicted molar refractivity (Wildman–Crippen MR) is 227 cm³/mol. The Morgan fingerprint density at radius 2 is 1.27 bits per heavy atom. The van der Waals surface area contributed by atoms with Crippen LogP contribution in [0, 0.1) is 39.8 Å². The van der Waals surface area contributed by atoms with Crippen molar-refractivity contribution < 1.29 is 28.5 Å². The Morgan fingerprint density at radius 1 is 0.607 bits per heavy atom. The molecule has 280 valence electrons. The second-order valence-electron chi connectivity index (χ2n) is 15.2. The van der Waals surface area contributed by atoms with Gasteiger partial charge in [-0.05, 0) is 84.1 Å². The van der Waals surface area contributed by atoms with Gasteiger partial charge in [0.25, 0.3) is 0 Å². The number of hydrogen-bond acceptors (Lipinski definition) is 3. The maximum atomic E-state index is 9.37. The summed E-state index contributed by atoms with van der Waals surface area (Å²) in [5.41, 5.74) is 12.6. The maximum absolute atomic E-state index is 9.37. The van der Waals surface area contributed by atoms with E-state index in [1.807, 2.05) is 77.3 Å². The largest absolute Gasteiger partial charge is 2.00 e. The predicted octanol–water partition coefficient (Wildman–Crippen LogP) is 13.2. The molecule has 0 aliphatic heterocycles. The molecule has 0 saturated heterocycles. The monoisotopic (exact) mass is 913 g/mol. The first kappa shape index (κ1) is 34.9. The molecule has 5 aromatic carbocycles. The van der Waals surface area contributed by atoms with Crippen LogP contribution in [0.4, 0.5) is 0 Å². The summed E-state index contributed by atoms with van der Waals surface area (Å²) in [6, 6.07) is 40.3. The van der Waals surface area contributed by atoms with E-state index in [0.29, 0.717) is 11.5 Å². The van der Waals surface area contributed by atoms with Crippen LogP contribution < -0.4 is 4.74 Å². The van der Waals surface area contributed by atoms with E-state index < -0.39 is 11.8 Å². The summed E-state index contributed by atoms with van der Waals surface area (Å²) in [5, 5.41) is 4.24. The minimum absolute atomic E-state index is 0. The first-order valence-electron chi connectivity index (χ1n) is 19.8. The van der Waals surface area contributed by atoms with Crippen LogP contribution >= 0.6 is 0 Å². The van der Waals surface area contributed by atoms with Crippen molar-refractivity contribution in [1.82, 2.24) is 19.1 Å². The van der Waals surface area contributed by atoms with Gasteiger partial charge in [0.1, 0.15) is 5.82 Å². The van der Waals surface area contributed by atoms with Gasteiger partial charge in [-0.2, -0.15) is 6.07 Å². The summed E-state index contributed by atoms with van der Waals surface area (Å²) >= 11 is 0. The molecule has 0 atom stereocenters. The molecule has 4 aromatic heterocycles. The molecular formula is C50H44N4OPt. The second-order valence-corrected chi connectivity index (χ2v) is 15.2. The average Bonchev–Trinajstić information content (AvgIpc) is 3.65. The molecule has 5 nitrogen and oxygen atoms in total. The number of ether oxygens (including phenoxy) is 1. The average molecular weight is 914 g/mol. The third-order valence-electron chi connectivity index (χ3n) is 10.7. The van der Waals surface area contributed by atoms with Gasteiger partial charge in [-0.25, -0.2) is 4.98 Å². The topological polar surface area (TPSA) is 44.9 Å². The number of pyridine rings is 2. The zero-order valence-corrected chi connectivity index (χ0v) is 35.2. The van der Waals surface area contributed by atoms with Crippen LogP contribution in [-0.2, 0) is 21.1 Å². The maximum Gasteiger partial charge on any atom is 2.00 e. The summed E-state index contributed by atoms with van der Waals surface area (Å²) < 4.78 is 29.7. The van der Waals surface area contributed by atoms with Crippen molar-refractivity contribution in [2.24, 2.45) is 0 Å². The Labute approximate surface area is 346 Å². The molecule has 6 heteroatoms. The summed E-state index contributed by atoms with van der Waals surface area (Å²) in [5.74, 6) is 0.0921. The molecule has 0 fully saturated rings. The quantitative estimate of drug-likeness (QED) is 0.150. The van der Waals surface area contributed by atoms with E-state index in [9.17, 15) is 2.74 Å². The summed E-state index contributed by atoms with van der Waals surface area (Å²) in [6.45, 7) is 16.1. The van der Waals surface area contributed by atoms with E-state index >= 15 is 0 Å². The fraction of sp³-hybridized carbons (Fsp3) is 0.200. The van der Waals surface area contributed by atoms with Gasteiger partial charge in [-0.15, -0.1) is 34.7 Å². The molecule has 0 aliphatic carbocycles. The van der Waals surface area contributed by atoms with Gasteiger partial charge < -0.3 is 18.9 Å². The molecule has 0 unspecified atom stereocenters. The van der Waals surface area contributed by atoms with Crippen molar-refractivity contribution >= 4 is 43.6 Å². The third kappa shape index (κ3) is 6.23. The van der Waals surface area contributed by atoms with Crippen LogP contribution in [0.15, 0.2) is 109 Å². The number of aromatic nitrogens is 4.